The second-order valence-electron chi connectivity index (χ2n) is 6.04. The number of unbranched alkanes of at least 4 members (excludes halogenated alkanes) is 2. The fraction of sp³-hybridized carbons (Fsp3) is 0.400. The van der Waals surface area contributed by atoms with Gasteiger partial charge in [0, 0.05) is 13.2 Å². The predicted octanol–water partition coefficient (Wildman–Crippen LogP) is 5.84. The summed E-state index contributed by atoms with van der Waals surface area (Å²) in [6.45, 7) is 1.57. The lowest BCUT2D eigenvalue weighted by molar-refractivity contribution is 0.127. The minimum Gasteiger partial charge on any atom is -0.381 e. The molecular weight excluding hydrogens is 316 g/mol. The minimum atomic E-state index is 0.475. The number of nitroso groups, excluding NO2 is 2. The van der Waals surface area contributed by atoms with Crippen molar-refractivity contribution in [1.29, 1.82) is 0 Å². The van der Waals surface area contributed by atoms with Crippen molar-refractivity contribution in [3.63, 3.8) is 0 Å². The Labute approximate surface area is 148 Å². The molecule has 0 fully saturated rings. The lowest BCUT2D eigenvalue weighted by atomic mass is 10.1. The molecule has 0 amide bonds. The second-order valence-corrected chi connectivity index (χ2v) is 6.04. The van der Waals surface area contributed by atoms with E-state index in [1.54, 1.807) is 24.3 Å². The Morgan fingerprint density at radius 2 is 1.00 bits per heavy atom. The number of rotatable bonds is 12. The molecule has 0 saturated heterocycles. The van der Waals surface area contributed by atoms with Crippen molar-refractivity contribution in [1.82, 2.24) is 0 Å². The molecule has 0 aliphatic rings. The molecule has 0 spiro atoms. The van der Waals surface area contributed by atoms with Gasteiger partial charge in [-0.2, -0.15) is 0 Å². The summed E-state index contributed by atoms with van der Waals surface area (Å²) in [5, 5.41) is 5.79. The highest BCUT2D eigenvalue weighted by Crippen LogP contribution is 2.15. The molecule has 25 heavy (non-hydrogen) atoms. The Bertz CT molecular complexity index is 581. The van der Waals surface area contributed by atoms with Gasteiger partial charge in [0.05, 0.1) is 0 Å². The Balaban J connectivity index is 1.46. The highest BCUT2D eigenvalue weighted by Gasteiger charge is 1.97. The average molecular weight is 340 g/mol. The van der Waals surface area contributed by atoms with Crippen LogP contribution in [-0.4, -0.2) is 13.2 Å². The Hall–Kier alpha value is -2.40. The Kier molecular flexibility index (Phi) is 8.49. The van der Waals surface area contributed by atoms with Crippen LogP contribution in [0.1, 0.15) is 36.8 Å². The van der Waals surface area contributed by atoms with E-state index in [9.17, 15) is 9.81 Å². The van der Waals surface area contributed by atoms with Gasteiger partial charge in [0.1, 0.15) is 11.4 Å². The summed E-state index contributed by atoms with van der Waals surface area (Å²) in [7, 11) is 0. The third-order valence-corrected chi connectivity index (χ3v) is 4.09. The molecule has 0 aliphatic carbocycles. The summed E-state index contributed by atoms with van der Waals surface area (Å²) in [6.07, 6.45) is 6.21. The van der Waals surface area contributed by atoms with Crippen LogP contribution in [0.15, 0.2) is 58.9 Å². The van der Waals surface area contributed by atoms with E-state index >= 15 is 0 Å². The zero-order valence-electron chi connectivity index (χ0n) is 14.4. The molecule has 2 aromatic rings. The third-order valence-electron chi connectivity index (χ3n) is 4.09. The standard InChI is InChI=1S/C20H24N2O3/c23-21-19-11-7-17(8-12-19)5-1-3-15-25-16-4-2-6-18-9-13-20(22-24)14-10-18/h7-14H,1-6,15-16H2. The number of aryl methyl sites for hydroxylation is 2. The van der Waals surface area contributed by atoms with Crippen molar-refractivity contribution < 1.29 is 4.74 Å². The first kappa shape index (κ1) is 18.9. The smallest absolute Gasteiger partial charge is 0.108 e. The summed E-state index contributed by atoms with van der Waals surface area (Å²) in [6, 6.07) is 14.8. The molecule has 2 rings (SSSR count). The first-order valence-electron chi connectivity index (χ1n) is 8.74. The number of benzene rings is 2. The van der Waals surface area contributed by atoms with E-state index in [2.05, 4.69) is 10.4 Å². The van der Waals surface area contributed by atoms with Crippen molar-refractivity contribution in [2.75, 3.05) is 13.2 Å². The zero-order valence-corrected chi connectivity index (χ0v) is 14.4. The largest absolute Gasteiger partial charge is 0.381 e. The molecule has 0 unspecified atom stereocenters. The predicted molar refractivity (Wildman–Crippen MR) is 100 cm³/mol. The lowest BCUT2D eigenvalue weighted by Gasteiger charge is -2.05. The van der Waals surface area contributed by atoms with Crippen LogP contribution in [0.3, 0.4) is 0 Å². The van der Waals surface area contributed by atoms with Gasteiger partial charge in [0.25, 0.3) is 0 Å². The molecule has 0 N–H and O–H groups in total. The van der Waals surface area contributed by atoms with Crippen molar-refractivity contribution in [3.8, 4) is 0 Å². The number of hydrogen-bond acceptors (Lipinski definition) is 5. The third kappa shape index (κ3) is 7.35. The van der Waals surface area contributed by atoms with Gasteiger partial charge in [-0.3, -0.25) is 0 Å². The highest BCUT2D eigenvalue weighted by atomic mass is 16.5. The van der Waals surface area contributed by atoms with Crippen LogP contribution < -0.4 is 0 Å². The number of nitrogens with zero attached hydrogens (tertiary/aromatic N) is 2. The van der Waals surface area contributed by atoms with Crippen LogP contribution in [0.2, 0.25) is 0 Å². The summed E-state index contributed by atoms with van der Waals surface area (Å²) < 4.78 is 5.67. The molecule has 0 bridgehead atoms. The van der Waals surface area contributed by atoms with Gasteiger partial charge in [-0.05, 0) is 84.3 Å². The van der Waals surface area contributed by atoms with Gasteiger partial charge >= 0.3 is 0 Å². The van der Waals surface area contributed by atoms with Crippen molar-refractivity contribution >= 4 is 11.4 Å². The fourth-order valence-corrected chi connectivity index (χ4v) is 2.62. The van der Waals surface area contributed by atoms with Crippen molar-refractivity contribution in [2.45, 2.75) is 38.5 Å². The zero-order chi connectivity index (χ0) is 17.7. The van der Waals surface area contributed by atoms with Crippen LogP contribution in [0.4, 0.5) is 11.4 Å². The average Bonchev–Trinajstić information content (AvgIpc) is 2.67. The second kappa shape index (κ2) is 11.2. The SMILES string of the molecule is O=Nc1ccc(CCCCOCCCCc2ccc(N=O)cc2)cc1. The van der Waals surface area contributed by atoms with E-state index in [0.29, 0.717) is 11.4 Å². The lowest BCUT2D eigenvalue weighted by Crippen LogP contribution is -1.99. The van der Waals surface area contributed by atoms with E-state index in [1.165, 1.54) is 11.1 Å². The molecule has 0 saturated carbocycles. The van der Waals surface area contributed by atoms with E-state index in [0.717, 1.165) is 51.7 Å². The molecule has 0 radical (unpaired) electrons. The summed E-state index contributed by atoms with van der Waals surface area (Å²) in [4.78, 5) is 20.7. The van der Waals surface area contributed by atoms with E-state index in [-0.39, 0.29) is 0 Å². The van der Waals surface area contributed by atoms with Gasteiger partial charge in [0.15, 0.2) is 0 Å². The first-order chi connectivity index (χ1) is 12.3. The molecule has 0 atom stereocenters. The van der Waals surface area contributed by atoms with Gasteiger partial charge < -0.3 is 4.74 Å². The summed E-state index contributed by atoms with van der Waals surface area (Å²) >= 11 is 0. The van der Waals surface area contributed by atoms with E-state index in [4.69, 9.17) is 4.74 Å². The first-order valence-corrected chi connectivity index (χ1v) is 8.74. The number of ether oxygens (including phenoxy) is 1. The number of hydrogen-bond donors (Lipinski definition) is 0. The van der Waals surface area contributed by atoms with Gasteiger partial charge in [-0.15, -0.1) is 9.81 Å². The van der Waals surface area contributed by atoms with Crippen LogP contribution in [0.5, 0.6) is 0 Å². The topological polar surface area (TPSA) is 68.1 Å². The Morgan fingerprint density at radius 3 is 1.36 bits per heavy atom. The molecule has 132 valence electrons. The minimum absolute atomic E-state index is 0.475. The maximum Gasteiger partial charge on any atom is 0.108 e. The van der Waals surface area contributed by atoms with Crippen molar-refractivity contribution in [3.05, 3.63) is 69.5 Å². The summed E-state index contributed by atoms with van der Waals surface area (Å²) in [5.74, 6) is 0. The van der Waals surface area contributed by atoms with Gasteiger partial charge in [0.2, 0.25) is 0 Å². The van der Waals surface area contributed by atoms with Gasteiger partial charge in [-0.25, -0.2) is 0 Å². The molecular formula is C20H24N2O3. The molecule has 0 aromatic heterocycles. The van der Waals surface area contributed by atoms with Crippen LogP contribution >= 0.6 is 0 Å². The Morgan fingerprint density at radius 1 is 0.600 bits per heavy atom. The van der Waals surface area contributed by atoms with Crippen LogP contribution in [-0.2, 0) is 17.6 Å². The highest BCUT2D eigenvalue weighted by molar-refractivity contribution is 5.39. The fourth-order valence-electron chi connectivity index (χ4n) is 2.62. The molecule has 5 heteroatoms. The maximum atomic E-state index is 10.4. The van der Waals surface area contributed by atoms with Gasteiger partial charge in [-0.1, -0.05) is 24.3 Å². The van der Waals surface area contributed by atoms with Crippen LogP contribution in [0, 0.1) is 9.81 Å². The van der Waals surface area contributed by atoms with Crippen molar-refractivity contribution in [2.24, 2.45) is 10.4 Å². The van der Waals surface area contributed by atoms with E-state index < -0.39 is 0 Å². The summed E-state index contributed by atoms with van der Waals surface area (Å²) in [5.41, 5.74) is 3.40. The molecule has 2 aromatic carbocycles. The molecule has 0 heterocycles. The quantitative estimate of drug-likeness (QED) is 0.360. The van der Waals surface area contributed by atoms with Crippen LogP contribution in [0.25, 0.3) is 0 Å². The monoisotopic (exact) mass is 340 g/mol. The van der Waals surface area contributed by atoms with E-state index in [1.807, 2.05) is 24.3 Å². The molecule has 5 nitrogen and oxygen atoms in total. The molecule has 0 aliphatic heterocycles. The maximum absolute atomic E-state index is 10.4. The normalized spacial score (nSPS) is 10.6.